The number of aliphatic hydroxyl groups is 2. The van der Waals surface area contributed by atoms with E-state index in [9.17, 15) is 10.2 Å². The van der Waals surface area contributed by atoms with Gasteiger partial charge in [-0.1, -0.05) is 20.3 Å². The molecule has 0 aromatic carbocycles. The number of nitrogens with zero attached hydrogens (tertiary/aromatic N) is 4. The fourth-order valence-electron chi connectivity index (χ4n) is 2.62. The number of rotatable bonds is 9. The van der Waals surface area contributed by atoms with Gasteiger partial charge >= 0.3 is 0 Å². The van der Waals surface area contributed by atoms with E-state index >= 15 is 0 Å². The molecule has 4 N–H and O–H groups in total. The molecule has 8 heteroatoms. The van der Waals surface area contributed by atoms with Gasteiger partial charge in [-0.2, -0.15) is 0 Å². The zero-order valence-electron chi connectivity index (χ0n) is 15.5. The molecule has 2 rings (SSSR count). The van der Waals surface area contributed by atoms with Crippen LogP contribution in [0.4, 0.5) is 5.82 Å². The minimum absolute atomic E-state index is 0.0781. The smallest absolute Gasteiger partial charge is 0.260 e. The maximum atomic E-state index is 9.71. The Kier molecular flexibility index (Phi) is 6.18. The SMILES string of the molecule is CCCCc1nc2c(N)nnc(OC(C)C)c2n1CC(C)(CO)CO. The molecule has 140 valence electrons. The summed E-state index contributed by atoms with van der Waals surface area (Å²) in [6.45, 7) is 7.85. The Hall–Kier alpha value is -1.93. The van der Waals surface area contributed by atoms with E-state index in [1.807, 2.05) is 25.3 Å². The summed E-state index contributed by atoms with van der Waals surface area (Å²) in [4.78, 5) is 4.66. The molecule has 0 bridgehead atoms. The number of aliphatic hydroxyl groups excluding tert-OH is 2. The number of anilines is 1. The molecule has 0 amide bonds. The van der Waals surface area contributed by atoms with Crippen molar-refractivity contribution in [2.24, 2.45) is 5.41 Å². The number of nitrogens with two attached hydrogens (primary N) is 1. The highest BCUT2D eigenvalue weighted by Crippen LogP contribution is 2.31. The molecule has 2 heterocycles. The monoisotopic (exact) mass is 351 g/mol. The number of hydrogen-bond donors (Lipinski definition) is 3. The number of ether oxygens (including phenoxy) is 1. The lowest BCUT2D eigenvalue weighted by Crippen LogP contribution is -2.32. The van der Waals surface area contributed by atoms with E-state index in [1.165, 1.54) is 0 Å². The van der Waals surface area contributed by atoms with Gasteiger partial charge in [0.05, 0.1) is 19.3 Å². The van der Waals surface area contributed by atoms with Crippen molar-refractivity contribution in [1.82, 2.24) is 19.7 Å². The number of aryl methyl sites for hydroxylation is 1. The summed E-state index contributed by atoms with van der Waals surface area (Å²) in [6.07, 6.45) is 2.69. The third-order valence-corrected chi connectivity index (χ3v) is 4.14. The van der Waals surface area contributed by atoms with Gasteiger partial charge in [0, 0.05) is 18.4 Å². The van der Waals surface area contributed by atoms with Crippen molar-refractivity contribution in [1.29, 1.82) is 0 Å². The van der Waals surface area contributed by atoms with Gasteiger partial charge in [-0.15, -0.1) is 10.2 Å². The standard InChI is InChI=1S/C17H29N5O3/c1-5-6-7-12-19-13-14(22(12)8-17(4,9-23)10-24)16(25-11(2)3)21-20-15(13)18/h11,23-24H,5-10H2,1-4H3,(H2,18,20). The molecule has 0 atom stereocenters. The Balaban J connectivity index is 2.65. The summed E-state index contributed by atoms with van der Waals surface area (Å²) in [7, 11) is 0. The first-order chi connectivity index (χ1) is 11.8. The number of unbranched alkanes of at least 4 members (excludes halogenated alkanes) is 1. The summed E-state index contributed by atoms with van der Waals surface area (Å²) in [5.41, 5.74) is 6.52. The molecule has 0 spiro atoms. The minimum atomic E-state index is -0.693. The molecule has 0 unspecified atom stereocenters. The lowest BCUT2D eigenvalue weighted by atomic mass is 9.93. The van der Waals surface area contributed by atoms with Crippen LogP contribution < -0.4 is 10.5 Å². The maximum Gasteiger partial charge on any atom is 0.260 e. The van der Waals surface area contributed by atoms with Crippen molar-refractivity contribution in [3.8, 4) is 5.88 Å². The first kappa shape index (κ1) is 19.4. The number of imidazole rings is 1. The lowest BCUT2D eigenvalue weighted by molar-refractivity contribution is 0.0555. The van der Waals surface area contributed by atoms with Crippen molar-refractivity contribution in [3.63, 3.8) is 0 Å². The second-order valence-corrected chi connectivity index (χ2v) is 7.10. The van der Waals surface area contributed by atoms with E-state index < -0.39 is 5.41 Å². The molecule has 8 nitrogen and oxygen atoms in total. The number of fused-ring (bicyclic) bond motifs is 1. The zero-order chi connectivity index (χ0) is 18.6. The molecular weight excluding hydrogens is 322 g/mol. The van der Waals surface area contributed by atoms with Crippen LogP contribution in [-0.4, -0.2) is 49.3 Å². The first-order valence-electron chi connectivity index (χ1n) is 8.74. The molecule has 0 saturated carbocycles. The van der Waals surface area contributed by atoms with Crippen LogP contribution in [0.5, 0.6) is 5.88 Å². The second kappa shape index (κ2) is 7.97. The molecule has 0 aliphatic rings. The van der Waals surface area contributed by atoms with Crippen LogP contribution in [0.1, 0.15) is 46.4 Å². The molecule has 0 aliphatic carbocycles. The second-order valence-electron chi connectivity index (χ2n) is 7.10. The van der Waals surface area contributed by atoms with Crippen LogP contribution in [0, 0.1) is 5.41 Å². The average Bonchev–Trinajstić information content (AvgIpc) is 2.94. The summed E-state index contributed by atoms with van der Waals surface area (Å²) >= 11 is 0. The Bertz CT molecular complexity index is 710. The summed E-state index contributed by atoms with van der Waals surface area (Å²) in [6, 6.07) is 0. The van der Waals surface area contributed by atoms with Gasteiger partial charge in [0.15, 0.2) is 5.82 Å². The highest BCUT2D eigenvalue weighted by atomic mass is 16.5. The van der Waals surface area contributed by atoms with Crippen molar-refractivity contribution in [2.75, 3.05) is 18.9 Å². The fourth-order valence-corrected chi connectivity index (χ4v) is 2.62. The van der Waals surface area contributed by atoms with E-state index in [-0.39, 0.29) is 25.1 Å². The Morgan fingerprint density at radius 1 is 1.24 bits per heavy atom. The molecule has 25 heavy (non-hydrogen) atoms. The maximum absolute atomic E-state index is 9.71. The van der Waals surface area contributed by atoms with Crippen molar-refractivity contribution in [3.05, 3.63) is 5.82 Å². The minimum Gasteiger partial charge on any atom is -0.472 e. The van der Waals surface area contributed by atoms with Gasteiger partial charge in [0.25, 0.3) is 5.88 Å². The van der Waals surface area contributed by atoms with Gasteiger partial charge in [-0.3, -0.25) is 0 Å². The number of nitrogen functional groups attached to an aromatic ring is 1. The highest BCUT2D eigenvalue weighted by Gasteiger charge is 2.28. The Morgan fingerprint density at radius 2 is 1.92 bits per heavy atom. The lowest BCUT2D eigenvalue weighted by Gasteiger charge is -2.26. The average molecular weight is 351 g/mol. The Labute approximate surface area is 148 Å². The van der Waals surface area contributed by atoms with Crippen LogP contribution in [0.25, 0.3) is 11.0 Å². The molecular formula is C17H29N5O3. The normalized spacial score (nSPS) is 12.3. The number of aromatic nitrogens is 4. The predicted molar refractivity (Wildman–Crippen MR) is 96.4 cm³/mol. The predicted octanol–water partition coefficient (Wildman–Crippen LogP) is 1.53. The van der Waals surface area contributed by atoms with Crippen LogP contribution in [0.3, 0.4) is 0 Å². The van der Waals surface area contributed by atoms with Gasteiger partial charge < -0.3 is 25.3 Å². The summed E-state index contributed by atoms with van der Waals surface area (Å²) in [5.74, 6) is 1.45. The highest BCUT2D eigenvalue weighted by molar-refractivity contribution is 5.88. The fraction of sp³-hybridized carbons (Fsp3) is 0.706. The quantitative estimate of drug-likeness (QED) is 0.626. The van der Waals surface area contributed by atoms with E-state index in [0.29, 0.717) is 23.5 Å². The molecule has 0 aliphatic heterocycles. The first-order valence-corrected chi connectivity index (χ1v) is 8.74. The molecule has 0 fully saturated rings. The van der Waals surface area contributed by atoms with Gasteiger partial charge in [-0.05, 0) is 20.3 Å². The van der Waals surface area contributed by atoms with E-state index in [4.69, 9.17) is 10.5 Å². The van der Waals surface area contributed by atoms with E-state index in [1.54, 1.807) is 0 Å². The topological polar surface area (TPSA) is 119 Å². The van der Waals surface area contributed by atoms with Crippen LogP contribution in [0.15, 0.2) is 0 Å². The van der Waals surface area contributed by atoms with Crippen molar-refractivity contribution >= 4 is 16.9 Å². The molecule has 2 aromatic rings. The van der Waals surface area contributed by atoms with Gasteiger partial charge in [0.2, 0.25) is 0 Å². The van der Waals surface area contributed by atoms with Crippen LogP contribution in [-0.2, 0) is 13.0 Å². The third-order valence-electron chi connectivity index (χ3n) is 4.14. The van der Waals surface area contributed by atoms with E-state index in [2.05, 4.69) is 22.1 Å². The zero-order valence-corrected chi connectivity index (χ0v) is 15.5. The summed E-state index contributed by atoms with van der Waals surface area (Å²) < 4.78 is 7.77. The molecule has 0 radical (unpaired) electrons. The molecule has 0 saturated heterocycles. The largest absolute Gasteiger partial charge is 0.472 e. The Morgan fingerprint density at radius 3 is 2.48 bits per heavy atom. The van der Waals surface area contributed by atoms with Crippen LogP contribution in [0.2, 0.25) is 0 Å². The van der Waals surface area contributed by atoms with Gasteiger partial charge in [-0.25, -0.2) is 4.98 Å². The molecule has 2 aromatic heterocycles. The summed E-state index contributed by atoms with van der Waals surface area (Å²) in [5, 5.41) is 27.5. The van der Waals surface area contributed by atoms with Crippen molar-refractivity contribution < 1.29 is 14.9 Å². The van der Waals surface area contributed by atoms with Crippen LogP contribution >= 0.6 is 0 Å². The van der Waals surface area contributed by atoms with Gasteiger partial charge in [0.1, 0.15) is 16.9 Å². The number of hydrogen-bond acceptors (Lipinski definition) is 7. The van der Waals surface area contributed by atoms with E-state index in [0.717, 1.165) is 25.1 Å². The third kappa shape index (κ3) is 4.19. The van der Waals surface area contributed by atoms with Crippen molar-refractivity contribution in [2.45, 2.75) is 59.6 Å².